The van der Waals surface area contributed by atoms with Crippen LogP contribution in [-0.2, 0) is 4.79 Å². The van der Waals surface area contributed by atoms with Crippen LogP contribution in [-0.4, -0.2) is 25.8 Å². The minimum Gasteiger partial charge on any atom is -0.493 e. The number of methoxy groups -OCH3 is 1. The first-order valence-electron chi connectivity index (χ1n) is 6.94. The average molecular weight is 333 g/mol. The molecule has 23 heavy (non-hydrogen) atoms. The molecule has 6 heteroatoms. The van der Waals surface area contributed by atoms with Crippen LogP contribution in [0.5, 0.6) is 11.5 Å². The Balaban J connectivity index is 1.90. The van der Waals surface area contributed by atoms with Crippen LogP contribution in [0.25, 0.3) is 0 Å². The zero-order chi connectivity index (χ0) is 16.7. The van der Waals surface area contributed by atoms with E-state index in [1.54, 1.807) is 25.3 Å². The molecule has 0 fully saturated rings. The highest BCUT2D eigenvalue weighted by Crippen LogP contribution is 2.30. The van der Waals surface area contributed by atoms with Crippen LogP contribution in [0, 0.1) is 6.92 Å². The lowest BCUT2D eigenvalue weighted by molar-refractivity contribution is -0.123. The predicted molar refractivity (Wildman–Crippen MR) is 90.4 cm³/mol. The topological polar surface area (TPSA) is 59.9 Å². The molecule has 1 amide bonds. The minimum atomic E-state index is -0.376. The highest BCUT2D eigenvalue weighted by Gasteiger charge is 2.09. The molecule has 0 spiro atoms. The van der Waals surface area contributed by atoms with Gasteiger partial charge >= 0.3 is 0 Å². The second kappa shape index (κ2) is 8.19. The maximum absolute atomic E-state index is 11.8. The van der Waals surface area contributed by atoms with E-state index >= 15 is 0 Å². The van der Waals surface area contributed by atoms with Gasteiger partial charge in [-0.3, -0.25) is 4.79 Å². The third kappa shape index (κ3) is 4.72. The normalized spacial score (nSPS) is 10.6. The summed E-state index contributed by atoms with van der Waals surface area (Å²) in [6, 6.07) is 12.7. The van der Waals surface area contributed by atoms with Crippen molar-refractivity contribution in [3.05, 3.63) is 58.6 Å². The molecule has 0 bridgehead atoms. The summed E-state index contributed by atoms with van der Waals surface area (Å²) in [7, 11) is 1.55. The summed E-state index contributed by atoms with van der Waals surface area (Å²) in [5.74, 6) is 0.746. The van der Waals surface area contributed by atoms with Crippen molar-refractivity contribution in [1.82, 2.24) is 5.43 Å². The fourth-order valence-corrected chi connectivity index (χ4v) is 2.08. The zero-order valence-electron chi connectivity index (χ0n) is 12.9. The molecule has 0 aliphatic rings. The number of rotatable bonds is 6. The van der Waals surface area contributed by atoms with Crippen LogP contribution >= 0.6 is 11.6 Å². The first-order chi connectivity index (χ1) is 11.1. The number of carbonyl (C=O) groups is 1. The van der Waals surface area contributed by atoms with Gasteiger partial charge in [0.15, 0.2) is 18.1 Å². The molecular formula is C17H17ClN2O3. The van der Waals surface area contributed by atoms with Gasteiger partial charge in [0.05, 0.1) is 13.3 Å². The van der Waals surface area contributed by atoms with Gasteiger partial charge in [-0.15, -0.1) is 0 Å². The number of nitrogens with zero attached hydrogens (tertiary/aromatic N) is 1. The van der Waals surface area contributed by atoms with Gasteiger partial charge in [-0.2, -0.15) is 5.10 Å². The van der Waals surface area contributed by atoms with Gasteiger partial charge < -0.3 is 9.47 Å². The van der Waals surface area contributed by atoms with Gasteiger partial charge in [0.2, 0.25) is 0 Å². The quantitative estimate of drug-likeness (QED) is 0.653. The van der Waals surface area contributed by atoms with E-state index < -0.39 is 0 Å². The van der Waals surface area contributed by atoms with Crippen LogP contribution in [0.1, 0.15) is 11.1 Å². The molecule has 0 radical (unpaired) electrons. The largest absolute Gasteiger partial charge is 0.493 e. The maximum Gasteiger partial charge on any atom is 0.277 e. The molecule has 1 N–H and O–H groups in total. The fraction of sp³-hybridized carbons (Fsp3) is 0.176. The van der Waals surface area contributed by atoms with Crippen molar-refractivity contribution in [3.8, 4) is 11.5 Å². The van der Waals surface area contributed by atoms with E-state index in [2.05, 4.69) is 10.5 Å². The van der Waals surface area contributed by atoms with Crippen LogP contribution in [0.4, 0.5) is 0 Å². The molecule has 5 nitrogen and oxygen atoms in total. The Hall–Kier alpha value is -2.53. The standard InChI is InChI=1S/C17H17ClN2O3/c1-12-6-5-9-15(22-2)17(12)23-11-16(21)20-19-10-13-7-3-4-8-14(13)18/h3-10H,11H2,1-2H3,(H,20,21)/b19-10+. The van der Waals surface area contributed by atoms with Crippen molar-refractivity contribution in [3.63, 3.8) is 0 Å². The van der Waals surface area contributed by atoms with E-state index in [-0.39, 0.29) is 12.5 Å². The molecule has 0 saturated heterocycles. The molecule has 0 aromatic heterocycles. The molecule has 2 rings (SSSR count). The van der Waals surface area contributed by atoms with E-state index in [4.69, 9.17) is 21.1 Å². The lowest BCUT2D eigenvalue weighted by atomic mass is 10.2. The smallest absolute Gasteiger partial charge is 0.277 e. The van der Waals surface area contributed by atoms with E-state index in [9.17, 15) is 4.79 Å². The summed E-state index contributed by atoms with van der Waals surface area (Å²) in [5, 5.41) is 4.42. The van der Waals surface area contributed by atoms with Crippen molar-refractivity contribution in [2.45, 2.75) is 6.92 Å². The maximum atomic E-state index is 11.8. The number of aryl methyl sites for hydroxylation is 1. The Morgan fingerprint density at radius 3 is 2.78 bits per heavy atom. The Morgan fingerprint density at radius 1 is 1.26 bits per heavy atom. The average Bonchev–Trinajstić information content (AvgIpc) is 2.55. The van der Waals surface area contributed by atoms with E-state index in [0.717, 1.165) is 11.1 Å². The van der Waals surface area contributed by atoms with Crippen LogP contribution in [0.2, 0.25) is 5.02 Å². The molecule has 0 saturated carbocycles. The molecule has 2 aromatic rings. The molecule has 0 heterocycles. The number of halogens is 1. The highest BCUT2D eigenvalue weighted by molar-refractivity contribution is 6.33. The first-order valence-corrected chi connectivity index (χ1v) is 7.32. The third-order valence-corrected chi connectivity index (χ3v) is 3.39. The molecule has 120 valence electrons. The van der Waals surface area contributed by atoms with E-state index in [1.807, 2.05) is 31.2 Å². The third-order valence-electron chi connectivity index (χ3n) is 3.04. The Kier molecular flexibility index (Phi) is 6.00. The van der Waals surface area contributed by atoms with Gasteiger partial charge in [0.25, 0.3) is 5.91 Å². The van der Waals surface area contributed by atoms with E-state index in [0.29, 0.717) is 16.5 Å². The summed E-state index contributed by atoms with van der Waals surface area (Å²) < 4.78 is 10.7. The Bertz CT molecular complexity index is 717. The molecule has 0 unspecified atom stereocenters. The Morgan fingerprint density at radius 2 is 2.04 bits per heavy atom. The van der Waals surface area contributed by atoms with Crippen LogP contribution < -0.4 is 14.9 Å². The van der Waals surface area contributed by atoms with Gasteiger partial charge in [-0.1, -0.05) is 41.9 Å². The highest BCUT2D eigenvalue weighted by atomic mass is 35.5. The van der Waals surface area contributed by atoms with Crippen molar-refractivity contribution < 1.29 is 14.3 Å². The van der Waals surface area contributed by atoms with Crippen LogP contribution in [0.15, 0.2) is 47.6 Å². The number of carbonyl (C=O) groups excluding carboxylic acids is 1. The van der Waals surface area contributed by atoms with Crippen molar-refractivity contribution in [2.75, 3.05) is 13.7 Å². The molecule has 0 aliphatic heterocycles. The molecule has 0 atom stereocenters. The van der Waals surface area contributed by atoms with Crippen LogP contribution in [0.3, 0.4) is 0 Å². The second-order valence-electron chi connectivity index (χ2n) is 4.71. The number of ether oxygens (including phenoxy) is 2. The van der Waals surface area contributed by atoms with Gasteiger partial charge in [0.1, 0.15) is 0 Å². The van der Waals surface area contributed by atoms with Gasteiger partial charge in [-0.25, -0.2) is 5.43 Å². The number of hydrogen-bond donors (Lipinski definition) is 1. The minimum absolute atomic E-state index is 0.166. The lowest BCUT2D eigenvalue weighted by Gasteiger charge is -2.12. The summed E-state index contributed by atoms with van der Waals surface area (Å²) in [5.41, 5.74) is 4.00. The summed E-state index contributed by atoms with van der Waals surface area (Å²) in [4.78, 5) is 11.8. The Labute approximate surface area is 139 Å². The predicted octanol–water partition coefficient (Wildman–Crippen LogP) is 3.19. The zero-order valence-corrected chi connectivity index (χ0v) is 13.6. The number of amides is 1. The van der Waals surface area contributed by atoms with Crippen molar-refractivity contribution >= 4 is 23.7 Å². The van der Waals surface area contributed by atoms with Crippen molar-refractivity contribution in [2.24, 2.45) is 5.10 Å². The van der Waals surface area contributed by atoms with Gasteiger partial charge in [-0.05, 0) is 24.6 Å². The summed E-state index contributed by atoms with van der Waals surface area (Å²) in [6.45, 7) is 1.71. The monoisotopic (exact) mass is 332 g/mol. The van der Waals surface area contributed by atoms with Crippen molar-refractivity contribution in [1.29, 1.82) is 0 Å². The number of hydrazone groups is 1. The number of hydrogen-bond acceptors (Lipinski definition) is 4. The summed E-state index contributed by atoms with van der Waals surface area (Å²) in [6.07, 6.45) is 1.48. The second-order valence-corrected chi connectivity index (χ2v) is 5.12. The number of nitrogens with one attached hydrogen (secondary N) is 1. The summed E-state index contributed by atoms with van der Waals surface area (Å²) >= 11 is 5.99. The number of benzene rings is 2. The van der Waals surface area contributed by atoms with Gasteiger partial charge in [0, 0.05) is 10.6 Å². The molecule has 0 aliphatic carbocycles. The number of para-hydroxylation sites is 1. The molecule has 2 aromatic carbocycles. The lowest BCUT2D eigenvalue weighted by Crippen LogP contribution is -2.24. The van der Waals surface area contributed by atoms with E-state index in [1.165, 1.54) is 6.21 Å². The fourth-order valence-electron chi connectivity index (χ4n) is 1.89. The SMILES string of the molecule is COc1cccc(C)c1OCC(=O)N/N=C/c1ccccc1Cl. The first kappa shape index (κ1) is 16.8. The molecular weight excluding hydrogens is 316 g/mol.